The highest BCUT2D eigenvalue weighted by molar-refractivity contribution is 5.85. The average molecular weight is 242 g/mol. The standard InChI is InChI=1S/C12H19N3.ClH/c1-10-3-4-11(9-12(10)13)15-7-5-14(2)6-8-15;/h3-4,9H,5-8,13H2,1-2H3;1H. The Labute approximate surface area is 104 Å². The highest BCUT2D eigenvalue weighted by Crippen LogP contribution is 2.21. The second-order valence-electron chi connectivity index (χ2n) is 4.33. The molecule has 4 heteroatoms. The molecule has 1 aromatic rings. The van der Waals surface area contributed by atoms with E-state index in [0.717, 1.165) is 37.4 Å². The SMILES string of the molecule is Cc1ccc(N2CCN(C)CC2)cc1N.Cl. The van der Waals surface area contributed by atoms with Crippen molar-refractivity contribution in [1.82, 2.24) is 4.90 Å². The average Bonchev–Trinajstić information content (AvgIpc) is 2.23. The third-order valence-electron chi connectivity index (χ3n) is 3.13. The molecule has 2 N–H and O–H groups in total. The van der Waals surface area contributed by atoms with Crippen LogP contribution in [0.4, 0.5) is 11.4 Å². The molecule has 0 aliphatic carbocycles. The Bertz CT molecular complexity index is 346. The van der Waals surface area contributed by atoms with Crippen molar-refractivity contribution in [2.45, 2.75) is 6.92 Å². The first kappa shape index (κ1) is 13.1. The molecule has 0 amide bonds. The van der Waals surface area contributed by atoms with E-state index in [2.05, 4.69) is 35.0 Å². The number of nitrogens with zero attached hydrogens (tertiary/aromatic N) is 2. The van der Waals surface area contributed by atoms with Crippen LogP contribution in [-0.2, 0) is 0 Å². The molecule has 1 heterocycles. The molecule has 0 spiro atoms. The van der Waals surface area contributed by atoms with Crippen molar-refractivity contribution in [3.05, 3.63) is 23.8 Å². The molecular formula is C12H20ClN3. The van der Waals surface area contributed by atoms with Gasteiger partial charge in [-0.1, -0.05) is 6.07 Å². The van der Waals surface area contributed by atoms with E-state index in [1.807, 2.05) is 6.92 Å². The fourth-order valence-corrected chi connectivity index (χ4v) is 1.89. The summed E-state index contributed by atoms with van der Waals surface area (Å²) in [7, 11) is 2.17. The fourth-order valence-electron chi connectivity index (χ4n) is 1.89. The molecule has 3 nitrogen and oxygen atoms in total. The number of benzene rings is 1. The summed E-state index contributed by atoms with van der Waals surface area (Å²) >= 11 is 0. The van der Waals surface area contributed by atoms with Crippen LogP contribution in [0.1, 0.15) is 5.56 Å². The zero-order valence-corrected chi connectivity index (χ0v) is 10.8. The minimum Gasteiger partial charge on any atom is -0.398 e. The van der Waals surface area contributed by atoms with Crippen molar-refractivity contribution in [2.24, 2.45) is 0 Å². The van der Waals surface area contributed by atoms with Gasteiger partial charge in [0.25, 0.3) is 0 Å². The lowest BCUT2D eigenvalue weighted by atomic mass is 10.1. The van der Waals surface area contributed by atoms with Crippen LogP contribution in [0.5, 0.6) is 0 Å². The van der Waals surface area contributed by atoms with E-state index in [1.54, 1.807) is 0 Å². The number of anilines is 2. The van der Waals surface area contributed by atoms with Gasteiger partial charge in [-0.05, 0) is 31.7 Å². The van der Waals surface area contributed by atoms with Gasteiger partial charge in [0.15, 0.2) is 0 Å². The Kier molecular flexibility index (Phi) is 4.44. The molecule has 1 aromatic carbocycles. The van der Waals surface area contributed by atoms with Crippen LogP contribution >= 0.6 is 12.4 Å². The number of hydrogen-bond donors (Lipinski definition) is 1. The van der Waals surface area contributed by atoms with Gasteiger partial charge >= 0.3 is 0 Å². The zero-order chi connectivity index (χ0) is 10.8. The van der Waals surface area contributed by atoms with Crippen LogP contribution in [0.25, 0.3) is 0 Å². The van der Waals surface area contributed by atoms with Crippen LogP contribution in [0.3, 0.4) is 0 Å². The molecule has 2 rings (SSSR count). The van der Waals surface area contributed by atoms with Crippen molar-refractivity contribution in [1.29, 1.82) is 0 Å². The van der Waals surface area contributed by atoms with E-state index < -0.39 is 0 Å². The van der Waals surface area contributed by atoms with Crippen LogP contribution < -0.4 is 10.6 Å². The first-order chi connectivity index (χ1) is 7.16. The molecule has 0 radical (unpaired) electrons. The second-order valence-corrected chi connectivity index (χ2v) is 4.33. The molecule has 1 aliphatic heterocycles. The molecule has 1 saturated heterocycles. The monoisotopic (exact) mass is 241 g/mol. The van der Waals surface area contributed by atoms with Gasteiger partial charge in [-0.25, -0.2) is 0 Å². The lowest BCUT2D eigenvalue weighted by Crippen LogP contribution is -2.44. The number of aryl methyl sites for hydroxylation is 1. The van der Waals surface area contributed by atoms with Gasteiger partial charge in [0.2, 0.25) is 0 Å². The van der Waals surface area contributed by atoms with Gasteiger partial charge in [0.05, 0.1) is 0 Å². The minimum atomic E-state index is 0. The van der Waals surface area contributed by atoms with Crippen LogP contribution in [0.2, 0.25) is 0 Å². The molecule has 1 fully saturated rings. The third-order valence-corrected chi connectivity index (χ3v) is 3.13. The van der Waals surface area contributed by atoms with E-state index in [-0.39, 0.29) is 12.4 Å². The van der Waals surface area contributed by atoms with Gasteiger partial charge in [-0.15, -0.1) is 12.4 Å². The summed E-state index contributed by atoms with van der Waals surface area (Å²) in [5, 5.41) is 0. The van der Waals surface area contributed by atoms with E-state index >= 15 is 0 Å². The molecule has 1 aliphatic rings. The largest absolute Gasteiger partial charge is 0.398 e. The minimum absolute atomic E-state index is 0. The predicted octanol–water partition coefficient (Wildman–Crippen LogP) is 1.75. The Morgan fingerprint density at radius 2 is 1.75 bits per heavy atom. The number of likely N-dealkylation sites (N-methyl/N-ethyl adjacent to an activating group) is 1. The highest BCUT2D eigenvalue weighted by atomic mass is 35.5. The molecule has 0 aromatic heterocycles. The number of rotatable bonds is 1. The van der Waals surface area contributed by atoms with Crippen LogP contribution in [0.15, 0.2) is 18.2 Å². The molecular weight excluding hydrogens is 222 g/mol. The van der Waals surface area contributed by atoms with Crippen molar-refractivity contribution >= 4 is 23.8 Å². The Morgan fingerprint density at radius 3 is 2.31 bits per heavy atom. The molecule has 0 saturated carbocycles. The number of halogens is 1. The Balaban J connectivity index is 0.00000128. The maximum Gasteiger partial charge on any atom is 0.0387 e. The fraction of sp³-hybridized carbons (Fsp3) is 0.500. The maximum atomic E-state index is 5.92. The van der Waals surface area contributed by atoms with Gasteiger partial charge in [0.1, 0.15) is 0 Å². The summed E-state index contributed by atoms with van der Waals surface area (Å²) in [5.74, 6) is 0. The quantitative estimate of drug-likeness (QED) is 0.761. The van der Waals surface area contributed by atoms with Gasteiger partial charge in [-0.2, -0.15) is 0 Å². The lowest BCUT2D eigenvalue weighted by molar-refractivity contribution is 0.313. The van der Waals surface area contributed by atoms with Crippen molar-refractivity contribution in [2.75, 3.05) is 43.9 Å². The highest BCUT2D eigenvalue weighted by Gasteiger charge is 2.14. The van der Waals surface area contributed by atoms with Crippen LogP contribution in [0, 0.1) is 6.92 Å². The molecule has 90 valence electrons. The maximum absolute atomic E-state index is 5.92. The molecule has 0 unspecified atom stereocenters. The molecule has 0 atom stereocenters. The smallest absolute Gasteiger partial charge is 0.0387 e. The Hall–Kier alpha value is -0.930. The van der Waals surface area contributed by atoms with Gasteiger partial charge in [0, 0.05) is 37.6 Å². The predicted molar refractivity (Wildman–Crippen MR) is 72.5 cm³/mol. The summed E-state index contributed by atoms with van der Waals surface area (Å²) in [4.78, 5) is 4.75. The van der Waals surface area contributed by atoms with E-state index in [0.29, 0.717) is 0 Å². The third kappa shape index (κ3) is 2.80. The summed E-state index contributed by atoms with van der Waals surface area (Å²) in [6.07, 6.45) is 0. The summed E-state index contributed by atoms with van der Waals surface area (Å²) in [6.45, 7) is 6.50. The topological polar surface area (TPSA) is 32.5 Å². The summed E-state index contributed by atoms with van der Waals surface area (Å²) in [6, 6.07) is 6.35. The van der Waals surface area contributed by atoms with Gasteiger partial charge in [-0.3, -0.25) is 0 Å². The van der Waals surface area contributed by atoms with Gasteiger partial charge < -0.3 is 15.5 Å². The number of piperazine rings is 1. The van der Waals surface area contributed by atoms with Crippen LogP contribution in [-0.4, -0.2) is 38.1 Å². The van der Waals surface area contributed by atoms with Crippen molar-refractivity contribution < 1.29 is 0 Å². The molecule has 16 heavy (non-hydrogen) atoms. The summed E-state index contributed by atoms with van der Waals surface area (Å²) in [5.41, 5.74) is 9.23. The van der Waals surface area contributed by atoms with E-state index in [9.17, 15) is 0 Å². The Morgan fingerprint density at radius 1 is 1.12 bits per heavy atom. The summed E-state index contributed by atoms with van der Waals surface area (Å²) < 4.78 is 0. The first-order valence-electron chi connectivity index (χ1n) is 5.46. The van der Waals surface area contributed by atoms with Crippen molar-refractivity contribution in [3.8, 4) is 0 Å². The second kappa shape index (κ2) is 5.41. The number of nitrogens with two attached hydrogens (primary N) is 1. The normalized spacial score (nSPS) is 17.0. The van der Waals surface area contributed by atoms with E-state index in [4.69, 9.17) is 5.73 Å². The van der Waals surface area contributed by atoms with Crippen molar-refractivity contribution in [3.63, 3.8) is 0 Å². The number of hydrogen-bond acceptors (Lipinski definition) is 3. The lowest BCUT2D eigenvalue weighted by Gasteiger charge is -2.34. The van der Waals surface area contributed by atoms with E-state index in [1.165, 1.54) is 5.69 Å². The molecule has 0 bridgehead atoms. The zero-order valence-electron chi connectivity index (χ0n) is 9.94. The number of nitrogen functional groups attached to an aromatic ring is 1. The first-order valence-corrected chi connectivity index (χ1v) is 5.46.